The van der Waals surface area contributed by atoms with Gasteiger partial charge in [0, 0.05) is 6.20 Å². The summed E-state index contributed by atoms with van der Waals surface area (Å²) in [7, 11) is -3.25. The number of sulfonamides is 1. The van der Waals surface area contributed by atoms with Gasteiger partial charge in [0.25, 0.3) is 10.0 Å². The highest BCUT2D eigenvalue weighted by Crippen LogP contribution is 2.46. The Morgan fingerprint density at radius 3 is 2.43 bits per heavy atom. The molecule has 0 fully saturated rings. The molecule has 2 rings (SSSR count). The highest BCUT2D eigenvalue weighted by Gasteiger charge is 2.28. The van der Waals surface area contributed by atoms with E-state index in [4.69, 9.17) is 0 Å². The van der Waals surface area contributed by atoms with Crippen molar-refractivity contribution in [1.82, 2.24) is 14.7 Å². The van der Waals surface area contributed by atoms with Crippen molar-refractivity contribution in [3.63, 3.8) is 0 Å². The predicted molar refractivity (Wildman–Crippen MR) is 115 cm³/mol. The molecule has 0 saturated heterocycles. The van der Waals surface area contributed by atoms with Gasteiger partial charge in [-0.2, -0.15) is 0 Å². The third-order valence-corrected chi connectivity index (χ3v) is 6.14. The van der Waals surface area contributed by atoms with Gasteiger partial charge in [-0.15, -0.1) is 0 Å². The summed E-state index contributed by atoms with van der Waals surface area (Å²) in [5.41, 5.74) is 0.173. The lowest BCUT2D eigenvalue weighted by atomic mass is 10.2. The van der Waals surface area contributed by atoms with Crippen LogP contribution in [0.25, 0.3) is 0 Å². The van der Waals surface area contributed by atoms with Crippen molar-refractivity contribution >= 4 is 91.7 Å². The lowest BCUT2D eigenvalue weighted by Crippen LogP contribution is -2.35. The lowest BCUT2D eigenvalue weighted by Gasteiger charge is -2.15. The third-order valence-electron chi connectivity index (χ3n) is 3.05. The number of alkyl halides is 3. The van der Waals surface area contributed by atoms with Gasteiger partial charge in [0.05, 0.1) is 22.8 Å². The van der Waals surface area contributed by atoms with Crippen molar-refractivity contribution < 1.29 is 22.7 Å². The van der Waals surface area contributed by atoms with Crippen molar-refractivity contribution in [3.05, 3.63) is 46.2 Å². The largest absolute Gasteiger partial charge is 0.465 e. The number of carbonyl (C=O) groups is 2. The van der Waals surface area contributed by atoms with Crippen LogP contribution in [0.5, 0.6) is 0 Å². The van der Waals surface area contributed by atoms with Gasteiger partial charge in [-0.3, -0.25) is 5.32 Å². The highest BCUT2D eigenvalue weighted by molar-refractivity contribution is 9.38. The van der Waals surface area contributed by atoms with E-state index in [1.807, 2.05) is 0 Å². The molecule has 1 aromatic carbocycles. The van der Waals surface area contributed by atoms with Crippen molar-refractivity contribution in [3.8, 4) is 0 Å². The van der Waals surface area contributed by atoms with E-state index in [1.54, 1.807) is 4.72 Å². The van der Waals surface area contributed by atoms with Gasteiger partial charge in [0.15, 0.2) is 2.14 Å². The van der Waals surface area contributed by atoms with E-state index in [-0.39, 0.29) is 11.5 Å². The zero-order valence-corrected chi connectivity index (χ0v) is 20.9. The minimum atomic E-state index is -4.37. The Hall–Kier alpha value is -1.09. The second-order valence-electron chi connectivity index (χ2n) is 4.94. The number of ether oxygens (including phenoxy) is 1. The minimum absolute atomic E-state index is 0.158. The van der Waals surface area contributed by atoms with Crippen LogP contribution in [0.1, 0.15) is 16.1 Å². The summed E-state index contributed by atoms with van der Waals surface area (Å²) < 4.78 is 31.0. The number of hydrogen-bond acceptors (Lipinski definition) is 7. The SMILES string of the molecule is COC(=O)c1ccccc1S(=O)(=O)NC(=O)Nc1ncc(Br)c(C(Br)(Br)Br)n1. The van der Waals surface area contributed by atoms with Crippen molar-refractivity contribution in [2.24, 2.45) is 0 Å². The van der Waals surface area contributed by atoms with Crippen molar-refractivity contribution in [2.45, 2.75) is 7.04 Å². The van der Waals surface area contributed by atoms with E-state index >= 15 is 0 Å². The molecule has 14 heteroatoms. The molecule has 150 valence electrons. The molecule has 1 heterocycles. The average molecular weight is 666 g/mol. The summed E-state index contributed by atoms with van der Waals surface area (Å²) in [6, 6.07) is 4.20. The van der Waals surface area contributed by atoms with Gasteiger partial charge in [-0.05, 0) is 28.1 Å². The molecule has 0 unspecified atom stereocenters. The normalized spacial score (nSPS) is 11.6. The van der Waals surface area contributed by atoms with E-state index in [0.717, 1.165) is 7.11 Å². The maximum Gasteiger partial charge on any atom is 0.339 e. The Bertz CT molecular complexity index is 1030. The summed E-state index contributed by atoms with van der Waals surface area (Å²) in [4.78, 5) is 31.5. The van der Waals surface area contributed by atoms with Crippen LogP contribution in [-0.2, 0) is 16.9 Å². The smallest absolute Gasteiger partial charge is 0.339 e. The number of esters is 1. The fraction of sp³-hybridized carbons (Fsp3) is 0.143. The van der Waals surface area contributed by atoms with Crippen LogP contribution in [0.4, 0.5) is 10.7 Å². The number of urea groups is 1. The Balaban J connectivity index is 2.25. The van der Waals surface area contributed by atoms with Gasteiger partial charge in [0.2, 0.25) is 5.95 Å². The van der Waals surface area contributed by atoms with Gasteiger partial charge in [0.1, 0.15) is 4.90 Å². The molecular weight excluding hydrogens is 656 g/mol. The fourth-order valence-electron chi connectivity index (χ4n) is 1.91. The first-order valence-electron chi connectivity index (χ1n) is 7.06. The number of rotatable bonds is 4. The molecule has 2 aromatic rings. The summed E-state index contributed by atoms with van der Waals surface area (Å²) in [6.45, 7) is 0. The number of benzene rings is 1. The molecule has 2 amide bonds. The van der Waals surface area contributed by atoms with Crippen LogP contribution in [-0.4, -0.2) is 37.5 Å². The Morgan fingerprint density at radius 2 is 1.82 bits per heavy atom. The zero-order valence-electron chi connectivity index (χ0n) is 13.7. The lowest BCUT2D eigenvalue weighted by molar-refractivity contribution is 0.0596. The maximum absolute atomic E-state index is 12.5. The second-order valence-corrected chi connectivity index (χ2v) is 14.2. The molecule has 28 heavy (non-hydrogen) atoms. The van der Waals surface area contributed by atoms with E-state index in [0.29, 0.717) is 10.2 Å². The molecule has 2 N–H and O–H groups in total. The molecule has 9 nitrogen and oxygen atoms in total. The van der Waals surface area contributed by atoms with Crippen LogP contribution in [0.2, 0.25) is 0 Å². The summed E-state index contributed by atoms with van der Waals surface area (Å²) in [6.07, 6.45) is 1.37. The van der Waals surface area contributed by atoms with Gasteiger partial charge >= 0.3 is 12.0 Å². The second kappa shape index (κ2) is 9.15. The van der Waals surface area contributed by atoms with E-state index in [9.17, 15) is 18.0 Å². The molecule has 0 aliphatic heterocycles. The van der Waals surface area contributed by atoms with Crippen LogP contribution >= 0.6 is 63.7 Å². The quantitative estimate of drug-likeness (QED) is 0.376. The minimum Gasteiger partial charge on any atom is -0.465 e. The van der Waals surface area contributed by atoms with E-state index in [1.165, 1.54) is 30.5 Å². The number of carbonyl (C=O) groups excluding carboxylic acids is 2. The number of anilines is 1. The third kappa shape index (κ3) is 5.72. The first-order chi connectivity index (χ1) is 13.0. The monoisotopic (exact) mass is 662 g/mol. The topological polar surface area (TPSA) is 127 Å². The standard InChI is InChI=1S/C14H10Br4N4O5S/c1-27-11(23)7-4-2-3-5-9(7)28(25,26)22-13(24)21-12-19-6-8(15)10(20-12)14(16,17)18/h2-6H,1H3,(H2,19,20,21,22,24). The number of amides is 2. The Labute approximate surface area is 193 Å². The van der Waals surface area contributed by atoms with Crippen LogP contribution in [0.3, 0.4) is 0 Å². The number of halogens is 4. The van der Waals surface area contributed by atoms with Crippen LogP contribution in [0.15, 0.2) is 39.8 Å². The van der Waals surface area contributed by atoms with Crippen molar-refractivity contribution in [2.75, 3.05) is 12.4 Å². The van der Waals surface area contributed by atoms with Gasteiger partial charge in [-0.1, -0.05) is 59.9 Å². The summed E-state index contributed by atoms with van der Waals surface area (Å²) in [5, 5.41) is 2.22. The zero-order chi connectivity index (χ0) is 21.1. The summed E-state index contributed by atoms with van der Waals surface area (Å²) >= 11 is 13.1. The number of methoxy groups -OCH3 is 1. The molecule has 0 spiro atoms. The molecule has 0 saturated carbocycles. The highest BCUT2D eigenvalue weighted by atomic mass is 80.0. The number of nitrogens with one attached hydrogen (secondary N) is 2. The van der Waals surface area contributed by atoms with Gasteiger partial charge in [-0.25, -0.2) is 32.7 Å². The average Bonchev–Trinajstić information content (AvgIpc) is 2.61. The molecule has 0 radical (unpaired) electrons. The molecule has 0 aliphatic carbocycles. The molecular formula is C14H10Br4N4O5S. The van der Waals surface area contributed by atoms with Crippen molar-refractivity contribution in [1.29, 1.82) is 0 Å². The first kappa shape index (κ1) is 23.2. The Morgan fingerprint density at radius 1 is 1.18 bits per heavy atom. The maximum atomic E-state index is 12.5. The number of hydrogen-bond donors (Lipinski definition) is 2. The molecule has 0 aliphatic rings. The number of nitrogens with zero attached hydrogens (tertiary/aromatic N) is 2. The van der Waals surface area contributed by atoms with Crippen LogP contribution in [0, 0.1) is 0 Å². The summed E-state index contributed by atoms with van der Waals surface area (Å²) in [5.74, 6) is -1.01. The fourth-order valence-corrected chi connectivity index (χ4v) is 5.21. The molecule has 0 atom stereocenters. The van der Waals surface area contributed by atoms with E-state index in [2.05, 4.69) is 83.7 Å². The van der Waals surface area contributed by atoms with Gasteiger partial charge < -0.3 is 4.74 Å². The Kier molecular flexibility index (Phi) is 7.58. The van der Waals surface area contributed by atoms with E-state index < -0.39 is 29.1 Å². The number of aromatic nitrogens is 2. The predicted octanol–water partition coefficient (Wildman–Crippen LogP) is 3.83. The molecule has 0 bridgehead atoms. The van der Waals surface area contributed by atoms with Crippen LogP contribution < -0.4 is 10.0 Å². The first-order valence-corrected chi connectivity index (χ1v) is 11.7. The molecule has 1 aromatic heterocycles.